The molecule has 1 nitrogen and oxygen atoms in total. The zero-order valence-electron chi connectivity index (χ0n) is 35.1. The van der Waals surface area contributed by atoms with Crippen LogP contribution in [0.3, 0.4) is 0 Å². The molecule has 0 aliphatic heterocycles. The van der Waals surface area contributed by atoms with Gasteiger partial charge in [0.15, 0.2) is 0 Å². The van der Waals surface area contributed by atoms with Gasteiger partial charge in [0, 0.05) is 11.6 Å². The van der Waals surface area contributed by atoms with Crippen LogP contribution < -0.4 is 0 Å². The number of fused-ring (bicyclic) bond motifs is 5. The van der Waals surface area contributed by atoms with Crippen LogP contribution in [0.2, 0.25) is 0 Å². The Bertz CT molecular complexity index is 3570. The lowest BCUT2D eigenvalue weighted by Gasteiger charge is -2.21. The second-order valence-electron chi connectivity index (χ2n) is 16.7. The van der Waals surface area contributed by atoms with E-state index in [4.69, 9.17) is 4.98 Å². The standard InChI is InChI=1S/C63H41N/c1-5-18-42(19-6-1)47-34-48(43-20-7-2-8-21-43)37-51(36-47)62-56-28-15-16-29-57(56)63(52-38-49(44-22-9-3-10-23-44)35-50(39-52)45-24-11-4-12-25-45)60-40-46(31-32-58(60)62)59-41-61-55(30-17-33-64-61)53-26-13-14-27-54(53)59/h1-41H. The molecule has 0 N–H and O–H groups in total. The fourth-order valence-electron chi connectivity index (χ4n) is 9.87. The highest BCUT2D eigenvalue weighted by molar-refractivity contribution is 6.23. The summed E-state index contributed by atoms with van der Waals surface area (Å²) < 4.78 is 0. The molecule has 0 saturated carbocycles. The summed E-state index contributed by atoms with van der Waals surface area (Å²) in [7, 11) is 0. The minimum Gasteiger partial charge on any atom is -0.256 e. The molecule has 64 heavy (non-hydrogen) atoms. The molecule has 0 amide bonds. The summed E-state index contributed by atoms with van der Waals surface area (Å²) in [5, 5.41) is 8.41. The van der Waals surface area contributed by atoms with E-state index < -0.39 is 0 Å². The van der Waals surface area contributed by atoms with Crippen molar-refractivity contribution < 1.29 is 0 Å². The quantitative estimate of drug-likeness (QED) is 0.115. The lowest BCUT2D eigenvalue weighted by atomic mass is 9.82. The first-order chi connectivity index (χ1) is 31.7. The molecule has 0 aliphatic rings. The van der Waals surface area contributed by atoms with Crippen molar-refractivity contribution in [2.75, 3.05) is 0 Å². The van der Waals surface area contributed by atoms with E-state index in [1.807, 2.05) is 12.3 Å². The molecule has 1 heteroatoms. The topological polar surface area (TPSA) is 12.9 Å². The van der Waals surface area contributed by atoms with E-state index in [1.54, 1.807) is 0 Å². The van der Waals surface area contributed by atoms with Crippen LogP contribution in [0.25, 0.3) is 121 Å². The summed E-state index contributed by atoms with van der Waals surface area (Å²) in [6.45, 7) is 0. The molecule has 0 aliphatic carbocycles. The van der Waals surface area contributed by atoms with Crippen LogP contribution in [0.4, 0.5) is 0 Å². The maximum atomic E-state index is 4.88. The third-order valence-electron chi connectivity index (χ3n) is 12.8. The molecule has 0 radical (unpaired) electrons. The molecule has 0 saturated heterocycles. The van der Waals surface area contributed by atoms with Gasteiger partial charge in [-0.2, -0.15) is 0 Å². The SMILES string of the molecule is c1ccc(-c2cc(-c3ccccc3)cc(-c3c4ccccc4c(-c4cc(-c5ccccc5)cc(-c5ccccc5)c4)c4cc(-c5cc6ncccc6c6ccccc56)ccc34)c2)cc1. The van der Waals surface area contributed by atoms with Crippen LogP contribution in [-0.2, 0) is 0 Å². The van der Waals surface area contributed by atoms with E-state index >= 15 is 0 Å². The third kappa shape index (κ3) is 6.63. The maximum absolute atomic E-state index is 4.88. The zero-order chi connectivity index (χ0) is 42.4. The van der Waals surface area contributed by atoms with E-state index in [9.17, 15) is 0 Å². The number of aromatic nitrogens is 1. The number of nitrogens with zero attached hydrogens (tertiary/aromatic N) is 1. The summed E-state index contributed by atoms with van der Waals surface area (Å²) in [6, 6.07) is 88.8. The Morgan fingerprint density at radius 2 is 0.578 bits per heavy atom. The van der Waals surface area contributed by atoms with Crippen molar-refractivity contribution in [1.29, 1.82) is 0 Å². The summed E-state index contributed by atoms with van der Waals surface area (Å²) in [5.74, 6) is 0. The molecular formula is C63H41N. The van der Waals surface area contributed by atoms with Gasteiger partial charge < -0.3 is 0 Å². The van der Waals surface area contributed by atoms with Crippen LogP contribution >= 0.6 is 0 Å². The molecule has 12 rings (SSSR count). The Hall–Kier alpha value is -8.39. The maximum Gasteiger partial charge on any atom is 0.0714 e. The van der Waals surface area contributed by atoms with Crippen LogP contribution in [-0.4, -0.2) is 4.98 Å². The van der Waals surface area contributed by atoms with Crippen LogP contribution in [0.5, 0.6) is 0 Å². The van der Waals surface area contributed by atoms with Crippen molar-refractivity contribution in [3.63, 3.8) is 0 Å². The Morgan fingerprint density at radius 1 is 0.203 bits per heavy atom. The molecule has 11 aromatic carbocycles. The van der Waals surface area contributed by atoms with Crippen molar-refractivity contribution in [1.82, 2.24) is 4.98 Å². The average Bonchev–Trinajstić information content (AvgIpc) is 3.38. The Kier molecular flexibility index (Phi) is 9.24. The highest BCUT2D eigenvalue weighted by atomic mass is 14.6. The summed E-state index contributed by atoms with van der Waals surface area (Å²) in [6.07, 6.45) is 1.90. The Balaban J connectivity index is 1.21. The second-order valence-corrected chi connectivity index (χ2v) is 16.7. The predicted molar refractivity (Wildman–Crippen MR) is 272 cm³/mol. The highest BCUT2D eigenvalue weighted by Gasteiger charge is 2.21. The highest BCUT2D eigenvalue weighted by Crippen LogP contribution is 2.48. The van der Waals surface area contributed by atoms with E-state index in [-0.39, 0.29) is 0 Å². The average molecular weight is 812 g/mol. The molecule has 12 aromatic rings. The molecule has 298 valence electrons. The number of benzene rings is 11. The summed E-state index contributed by atoms with van der Waals surface area (Å²) in [5.41, 5.74) is 17.6. The van der Waals surface area contributed by atoms with Gasteiger partial charge in [0.05, 0.1) is 5.52 Å². The van der Waals surface area contributed by atoms with Gasteiger partial charge in [-0.1, -0.05) is 188 Å². The van der Waals surface area contributed by atoms with E-state index in [0.29, 0.717) is 0 Å². The predicted octanol–water partition coefficient (Wildman–Crippen LogP) is 17.4. The van der Waals surface area contributed by atoms with Crippen LogP contribution in [0.1, 0.15) is 0 Å². The molecule has 0 fully saturated rings. The van der Waals surface area contributed by atoms with Gasteiger partial charge in [-0.05, 0) is 165 Å². The second kappa shape index (κ2) is 15.8. The zero-order valence-corrected chi connectivity index (χ0v) is 35.1. The Labute approximate surface area is 373 Å². The van der Waals surface area contributed by atoms with Gasteiger partial charge in [0.25, 0.3) is 0 Å². The smallest absolute Gasteiger partial charge is 0.0714 e. The summed E-state index contributed by atoms with van der Waals surface area (Å²) in [4.78, 5) is 4.88. The molecular weight excluding hydrogens is 771 g/mol. The van der Waals surface area contributed by atoms with Gasteiger partial charge in [-0.15, -0.1) is 0 Å². The first-order valence-electron chi connectivity index (χ1n) is 22.0. The van der Waals surface area contributed by atoms with E-state index in [0.717, 1.165) is 16.5 Å². The number of hydrogen-bond acceptors (Lipinski definition) is 1. The van der Waals surface area contributed by atoms with Gasteiger partial charge in [0.1, 0.15) is 0 Å². The molecule has 0 bridgehead atoms. The first kappa shape index (κ1) is 37.4. The lowest BCUT2D eigenvalue weighted by Crippen LogP contribution is -1.94. The van der Waals surface area contributed by atoms with Crippen molar-refractivity contribution in [2.45, 2.75) is 0 Å². The van der Waals surface area contributed by atoms with Gasteiger partial charge in [-0.25, -0.2) is 0 Å². The van der Waals surface area contributed by atoms with Crippen molar-refractivity contribution in [3.8, 4) is 77.9 Å². The Morgan fingerprint density at radius 3 is 1.06 bits per heavy atom. The monoisotopic (exact) mass is 811 g/mol. The normalized spacial score (nSPS) is 11.4. The third-order valence-corrected chi connectivity index (χ3v) is 12.8. The van der Waals surface area contributed by atoms with Crippen molar-refractivity contribution >= 4 is 43.2 Å². The number of pyridine rings is 1. The lowest BCUT2D eigenvalue weighted by molar-refractivity contribution is 1.42. The largest absolute Gasteiger partial charge is 0.256 e. The molecule has 0 spiro atoms. The molecule has 1 heterocycles. The fourth-order valence-corrected chi connectivity index (χ4v) is 9.87. The van der Waals surface area contributed by atoms with Gasteiger partial charge in [0.2, 0.25) is 0 Å². The van der Waals surface area contributed by atoms with Gasteiger partial charge in [-0.3, -0.25) is 4.98 Å². The molecule has 1 aromatic heterocycles. The van der Waals surface area contributed by atoms with Crippen molar-refractivity contribution in [2.24, 2.45) is 0 Å². The van der Waals surface area contributed by atoms with E-state index in [1.165, 1.54) is 105 Å². The fraction of sp³-hybridized carbons (Fsp3) is 0. The van der Waals surface area contributed by atoms with Crippen LogP contribution in [0.15, 0.2) is 249 Å². The minimum absolute atomic E-state index is 0.991. The van der Waals surface area contributed by atoms with Crippen LogP contribution in [0, 0.1) is 0 Å². The van der Waals surface area contributed by atoms with E-state index in [2.05, 4.69) is 237 Å². The van der Waals surface area contributed by atoms with Crippen molar-refractivity contribution in [3.05, 3.63) is 249 Å². The summed E-state index contributed by atoms with van der Waals surface area (Å²) >= 11 is 0. The molecule has 0 unspecified atom stereocenters. The van der Waals surface area contributed by atoms with Gasteiger partial charge >= 0.3 is 0 Å². The minimum atomic E-state index is 0.991. The first-order valence-corrected chi connectivity index (χ1v) is 22.0. The number of hydrogen-bond donors (Lipinski definition) is 0. The molecule has 0 atom stereocenters. The number of rotatable bonds is 7.